The number of hydrogen-bond donors (Lipinski definition) is 0. The van der Waals surface area contributed by atoms with Crippen molar-refractivity contribution in [1.29, 1.82) is 0 Å². The second-order valence-corrected chi connectivity index (χ2v) is 6.14. The number of hydrogen-bond acceptors (Lipinski definition) is 4. The molecule has 0 saturated heterocycles. The van der Waals surface area contributed by atoms with Crippen molar-refractivity contribution in [3.8, 4) is 11.3 Å². The van der Waals surface area contributed by atoms with E-state index in [0.717, 1.165) is 27.1 Å². The first-order valence-corrected chi connectivity index (χ1v) is 7.95. The van der Waals surface area contributed by atoms with E-state index in [1.54, 1.807) is 31.0 Å². The van der Waals surface area contributed by atoms with Gasteiger partial charge in [0.25, 0.3) is 0 Å². The smallest absolute Gasteiger partial charge is 0.0955 e. The summed E-state index contributed by atoms with van der Waals surface area (Å²) in [5.41, 5.74) is 5.86. The molecule has 23 heavy (non-hydrogen) atoms. The normalized spacial score (nSPS) is 11.5. The van der Waals surface area contributed by atoms with Gasteiger partial charge in [0.05, 0.1) is 35.7 Å². The van der Waals surface area contributed by atoms with E-state index >= 15 is 0 Å². The number of aromatic nitrogens is 4. The van der Waals surface area contributed by atoms with E-state index in [1.165, 1.54) is 11.1 Å². The van der Waals surface area contributed by atoms with Gasteiger partial charge in [0.1, 0.15) is 0 Å². The van der Waals surface area contributed by atoms with Crippen LogP contribution in [0.4, 0.5) is 0 Å². The minimum absolute atomic E-state index is 0.756. The second-order valence-electron chi connectivity index (χ2n) is 5.29. The van der Waals surface area contributed by atoms with E-state index < -0.39 is 0 Å². The van der Waals surface area contributed by atoms with Gasteiger partial charge in [-0.15, -0.1) is 0 Å². The number of rotatable bonds is 3. The van der Waals surface area contributed by atoms with Gasteiger partial charge in [-0.2, -0.15) is 0 Å². The molecule has 0 radical (unpaired) electrons. The van der Waals surface area contributed by atoms with Gasteiger partial charge in [0.2, 0.25) is 0 Å². The summed E-state index contributed by atoms with van der Waals surface area (Å²) in [6.07, 6.45) is 10.4. The third-order valence-corrected chi connectivity index (χ3v) is 3.89. The van der Waals surface area contributed by atoms with Gasteiger partial charge in [-0.1, -0.05) is 17.2 Å². The molecule has 3 rings (SSSR count). The summed E-state index contributed by atoms with van der Waals surface area (Å²) in [7, 11) is 0. The third-order valence-electron chi connectivity index (χ3n) is 3.25. The molecule has 5 heteroatoms. The maximum atomic E-state index is 4.67. The number of aryl methyl sites for hydroxylation is 2. The van der Waals surface area contributed by atoms with E-state index in [1.807, 2.05) is 6.08 Å². The highest BCUT2D eigenvalue weighted by atomic mass is 79.9. The number of halogens is 1. The largest absolute Gasteiger partial charge is 0.261 e. The van der Waals surface area contributed by atoms with Crippen LogP contribution in [-0.2, 0) is 0 Å². The summed E-state index contributed by atoms with van der Waals surface area (Å²) in [5, 5.41) is 0. The summed E-state index contributed by atoms with van der Waals surface area (Å²) in [4.78, 5) is 17.3. The minimum atomic E-state index is 0.756. The highest BCUT2D eigenvalue weighted by Gasteiger charge is 2.05. The van der Waals surface area contributed by atoms with Gasteiger partial charge in [-0.25, -0.2) is 4.98 Å². The van der Waals surface area contributed by atoms with Crippen LogP contribution >= 0.6 is 15.9 Å². The van der Waals surface area contributed by atoms with Gasteiger partial charge in [-0.05, 0) is 48.0 Å². The van der Waals surface area contributed by atoms with Crippen molar-refractivity contribution < 1.29 is 0 Å². The maximum absolute atomic E-state index is 4.67. The van der Waals surface area contributed by atoms with Crippen molar-refractivity contribution >= 4 is 26.5 Å². The molecule has 0 N–H and O–H groups in total. The Balaban J connectivity index is 1.97. The van der Waals surface area contributed by atoms with E-state index in [2.05, 4.69) is 67.9 Å². The standard InChI is InChI=1S/C18H15BrN4/c1-12-5-13(2)7-14(6-12)17-10-21-9-15(23-17)8-16(19)18-11-20-3-4-22-18/h3-11H,1-2H3/b16-8-. The highest BCUT2D eigenvalue weighted by molar-refractivity contribution is 9.15. The van der Waals surface area contributed by atoms with Gasteiger partial charge in [0.15, 0.2) is 0 Å². The van der Waals surface area contributed by atoms with Crippen LogP contribution in [0.2, 0.25) is 0 Å². The predicted octanol–water partition coefficient (Wildman–Crippen LogP) is 4.44. The summed E-state index contributed by atoms with van der Waals surface area (Å²) in [6.45, 7) is 4.16. The Morgan fingerprint density at radius 1 is 0.957 bits per heavy atom. The Hall–Kier alpha value is -2.40. The molecule has 0 saturated carbocycles. The van der Waals surface area contributed by atoms with Crippen LogP contribution in [0.15, 0.2) is 49.2 Å². The first kappa shape index (κ1) is 15.5. The van der Waals surface area contributed by atoms with E-state index in [0.29, 0.717) is 0 Å². The lowest BCUT2D eigenvalue weighted by Gasteiger charge is -2.05. The molecule has 3 aromatic rings. The van der Waals surface area contributed by atoms with Gasteiger partial charge in [-0.3, -0.25) is 15.0 Å². The molecule has 0 amide bonds. The zero-order valence-electron chi connectivity index (χ0n) is 12.9. The molecular weight excluding hydrogens is 352 g/mol. The van der Waals surface area contributed by atoms with Crippen LogP contribution in [0, 0.1) is 13.8 Å². The average Bonchev–Trinajstić information content (AvgIpc) is 2.55. The molecule has 0 atom stereocenters. The van der Waals surface area contributed by atoms with Crippen LogP contribution in [0.25, 0.3) is 21.8 Å². The fourth-order valence-corrected chi connectivity index (χ4v) is 2.78. The molecule has 0 spiro atoms. The zero-order valence-corrected chi connectivity index (χ0v) is 14.4. The Bertz CT molecular complexity index is 840. The van der Waals surface area contributed by atoms with Gasteiger partial charge >= 0.3 is 0 Å². The monoisotopic (exact) mass is 366 g/mol. The molecule has 1 aromatic carbocycles. The summed E-state index contributed by atoms with van der Waals surface area (Å²) in [5.74, 6) is 0. The van der Waals surface area contributed by atoms with Gasteiger partial charge < -0.3 is 0 Å². The first-order chi connectivity index (χ1) is 11.1. The summed E-state index contributed by atoms with van der Waals surface area (Å²) in [6, 6.07) is 6.37. The molecule has 0 bridgehead atoms. The van der Waals surface area contributed by atoms with Crippen LogP contribution in [-0.4, -0.2) is 19.9 Å². The molecule has 114 valence electrons. The number of benzene rings is 1. The van der Waals surface area contributed by atoms with Crippen LogP contribution < -0.4 is 0 Å². The summed E-state index contributed by atoms with van der Waals surface area (Å²) >= 11 is 3.52. The first-order valence-electron chi connectivity index (χ1n) is 7.16. The average molecular weight is 367 g/mol. The lowest BCUT2D eigenvalue weighted by atomic mass is 10.1. The van der Waals surface area contributed by atoms with E-state index in [4.69, 9.17) is 0 Å². The fraction of sp³-hybridized carbons (Fsp3) is 0.111. The molecule has 0 fully saturated rings. The maximum Gasteiger partial charge on any atom is 0.0955 e. The van der Waals surface area contributed by atoms with E-state index in [-0.39, 0.29) is 0 Å². The summed E-state index contributed by atoms with van der Waals surface area (Å²) < 4.78 is 0.817. The van der Waals surface area contributed by atoms with Crippen molar-refractivity contribution in [3.05, 3.63) is 71.7 Å². The molecular formula is C18H15BrN4. The SMILES string of the molecule is Cc1cc(C)cc(-c2cncc(/C=C(\Br)c3cnccn3)n2)c1. The van der Waals surface area contributed by atoms with Gasteiger partial charge in [0, 0.05) is 22.4 Å². The topological polar surface area (TPSA) is 51.6 Å². The number of nitrogens with zero attached hydrogens (tertiary/aromatic N) is 4. The minimum Gasteiger partial charge on any atom is -0.261 e. The highest BCUT2D eigenvalue weighted by Crippen LogP contribution is 2.23. The van der Waals surface area contributed by atoms with Crippen LogP contribution in [0.3, 0.4) is 0 Å². The lowest BCUT2D eigenvalue weighted by molar-refractivity contribution is 1.17. The van der Waals surface area contributed by atoms with Crippen molar-refractivity contribution in [2.75, 3.05) is 0 Å². The van der Waals surface area contributed by atoms with Crippen LogP contribution in [0.5, 0.6) is 0 Å². The molecule has 4 nitrogen and oxygen atoms in total. The van der Waals surface area contributed by atoms with Crippen molar-refractivity contribution in [3.63, 3.8) is 0 Å². The van der Waals surface area contributed by atoms with Crippen molar-refractivity contribution in [2.45, 2.75) is 13.8 Å². The van der Waals surface area contributed by atoms with Crippen molar-refractivity contribution in [2.24, 2.45) is 0 Å². The molecule has 0 aliphatic rings. The molecule has 0 aliphatic heterocycles. The molecule has 0 aliphatic carbocycles. The fourth-order valence-electron chi connectivity index (χ4n) is 2.34. The molecule has 2 aromatic heterocycles. The zero-order chi connectivity index (χ0) is 16.2. The molecule has 0 unspecified atom stereocenters. The Labute approximate surface area is 143 Å². The Kier molecular flexibility index (Phi) is 4.57. The van der Waals surface area contributed by atoms with E-state index in [9.17, 15) is 0 Å². The van der Waals surface area contributed by atoms with Crippen molar-refractivity contribution in [1.82, 2.24) is 19.9 Å². The lowest BCUT2D eigenvalue weighted by Crippen LogP contribution is -1.91. The second kappa shape index (κ2) is 6.79. The van der Waals surface area contributed by atoms with Crippen LogP contribution in [0.1, 0.15) is 22.5 Å². The molecule has 2 heterocycles. The predicted molar refractivity (Wildman–Crippen MR) is 95.8 cm³/mol. The Morgan fingerprint density at radius 2 is 1.74 bits per heavy atom. The Morgan fingerprint density at radius 3 is 2.43 bits per heavy atom. The quantitative estimate of drug-likeness (QED) is 0.687. The third kappa shape index (κ3) is 3.87.